The molecule has 0 bridgehead atoms. The van der Waals surface area contributed by atoms with E-state index in [9.17, 15) is 0 Å². The summed E-state index contributed by atoms with van der Waals surface area (Å²) in [5.41, 5.74) is 0. The van der Waals surface area contributed by atoms with Gasteiger partial charge in [0.25, 0.3) is 0 Å². The number of rotatable bonds is 2. The van der Waals surface area contributed by atoms with E-state index < -0.39 is 6.49 Å². The molecule has 0 spiro atoms. The standard InChI is InChI=1S/C8H15O3PS/c1-2-12(13)10-5-8(6-11-12)7-3-9-4-7/h7-8H,2-6H2,1H3. The minimum Gasteiger partial charge on any atom is -0.381 e. The Morgan fingerprint density at radius 1 is 1.15 bits per heavy atom. The topological polar surface area (TPSA) is 27.7 Å². The van der Waals surface area contributed by atoms with Crippen molar-refractivity contribution in [1.29, 1.82) is 0 Å². The lowest BCUT2D eigenvalue weighted by atomic mass is 9.92. The molecule has 2 fully saturated rings. The highest BCUT2D eigenvalue weighted by molar-refractivity contribution is 8.09. The molecule has 2 rings (SSSR count). The zero-order valence-corrected chi connectivity index (χ0v) is 9.48. The minimum atomic E-state index is -1.87. The van der Waals surface area contributed by atoms with Crippen molar-refractivity contribution in [2.24, 2.45) is 11.8 Å². The Morgan fingerprint density at radius 2 is 1.69 bits per heavy atom. The quantitative estimate of drug-likeness (QED) is 0.664. The van der Waals surface area contributed by atoms with E-state index in [4.69, 9.17) is 25.6 Å². The van der Waals surface area contributed by atoms with Gasteiger partial charge in [-0.1, -0.05) is 6.92 Å². The van der Waals surface area contributed by atoms with Gasteiger partial charge in [-0.2, -0.15) is 0 Å². The number of hydrogen-bond acceptors (Lipinski definition) is 4. The minimum absolute atomic E-state index is 0.511. The van der Waals surface area contributed by atoms with Gasteiger partial charge in [0.05, 0.1) is 26.4 Å². The van der Waals surface area contributed by atoms with Crippen LogP contribution >= 0.6 is 6.49 Å². The fourth-order valence-electron chi connectivity index (χ4n) is 1.48. The van der Waals surface area contributed by atoms with Crippen molar-refractivity contribution in [3.63, 3.8) is 0 Å². The maximum Gasteiger partial charge on any atom is 0.188 e. The average molecular weight is 222 g/mol. The van der Waals surface area contributed by atoms with Gasteiger partial charge in [-0.15, -0.1) is 0 Å². The first kappa shape index (κ1) is 10.1. The summed E-state index contributed by atoms with van der Waals surface area (Å²) in [5, 5.41) is 0. The van der Waals surface area contributed by atoms with E-state index in [0.717, 1.165) is 32.6 Å². The van der Waals surface area contributed by atoms with Gasteiger partial charge in [-0.25, -0.2) is 0 Å². The molecule has 2 aliphatic rings. The first-order chi connectivity index (χ1) is 6.23. The molecule has 3 nitrogen and oxygen atoms in total. The van der Waals surface area contributed by atoms with Crippen LogP contribution in [0.1, 0.15) is 6.92 Å². The first-order valence-electron chi connectivity index (χ1n) is 4.69. The first-order valence-corrected chi connectivity index (χ1v) is 7.52. The van der Waals surface area contributed by atoms with Crippen molar-refractivity contribution in [2.75, 3.05) is 32.6 Å². The molecule has 0 saturated carbocycles. The second kappa shape index (κ2) is 3.95. The van der Waals surface area contributed by atoms with Crippen molar-refractivity contribution in [3.8, 4) is 0 Å². The molecule has 0 aliphatic carbocycles. The lowest BCUT2D eigenvalue weighted by Crippen LogP contribution is -2.40. The summed E-state index contributed by atoms with van der Waals surface area (Å²) in [6.45, 7) is 3.46. The summed E-state index contributed by atoms with van der Waals surface area (Å²) in [7, 11) is 0. The monoisotopic (exact) mass is 222 g/mol. The van der Waals surface area contributed by atoms with Gasteiger partial charge in [0.2, 0.25) is 0 Å². The van der Waals surface area contributed by atoms with Gasteiger partial charge in [-0.05, 0) is 11.8 Å². The van der Waals surface area contributed by atoms with Crippen LogP contribution in [0.4, 0.5) is 0 Å². The van der Waals surface area contributed by atoms with Crippen LogP contribution in [0.3, 0.4) is 0 Å². The van der Waals surface area contributed by atoms with E-state index >= 15 is 0 Å². The molecule has 0 unspecified atom stereocenters. The zero-order chi connectivity index (χ0) is 9.31. The predicted octanol–water partition coefficient (Wildman–Crippen LogP) is 1.63. The molecule has 13 heavy (non-hydrogen) atoms. The van der Waals surface area contributed by atoms with Crippen LogP contribution in [-0.4, -0.2) is 32.6 Å². The number of hydrogen-bond donors (Lipinski definition) is 0. The molecular weight excluding hydrogens is 207 g/mol. The largest absolute Gasteiger partial charge is 0.381 e. The smallest absolute Gasteiger partial charge is 0.188 e. The SMILES string of the molecule is CCP1(=S)OCC(C2COC2)CO1. The van der Waals surface area contributed by atoms with Gasteiger partial charge >= 0.3 is 0 Å². The highest BCUT2D eigenvalue weighted by atomic mass is 32.5. The zero-order valence-electron chi connectivity index (χ0n) is 7.77. The Bertz CT molecular complexity index is 217. The third-order valence-corrected chi connectivity index (χ3v) is 5.96. The Labute approximate surface area is 83.9 Å². The maximum absolute atomic E-state index is 5.63. The Morgan fingerprint density at radius 3 is 2.08 bits per heavy atom. The average Bonchev–Trinajstić information content (AvgIpc) is 2.06. The van der Waals surface area contributed by atoms with Crippen LogP contribution in [0.15, 0.2) is 0 Å². The molecule has 0 atom stereocenters. The number of ether oxygens (including phenoxy) is 1. The predicted molar refractivity (Wildman–Crippen MR) is 54.5 cm³/mol. The van der Waals surface area contributed by atoms with Crippen molar-refractivity contribution in [3.05, 3.63) is 0 Å². The van der Waals surface area contributed by atoms with Crippen LogP contribution in [-0.2, 0) is 25.6 Å². The highest BCUT2D eigenvalue weighted by Crippen LogP contribution is 2.52. The van der Waals surface area contributed by atoms with E-state index in [-0.39, 0.29) is 0 Å². The van der Waals surface area contributed by atoms with Gasteiger partial charge < -0.3 is 13.8 Å². The Balaban J connectivity index is 1.85. The van der Waals surface area contributed by atoms with Crippen LogP contribution < -0.4 is 0 Å². The van der Waals surface area contributed by atoms with Crippen LogP contribution in [0.25, 0.3) is 0 Å². The van der Waals surface area contributed by atoms with Gasteiger partial charge in [0.1, 0.15) is 0 Å². The fraction of sp³-hybridized carbons (Fsp3) is 1.00. The lowest BCUT2D eigenvalue weighted by Gasteiger charge is -2.38. The molecule has 0 aromatic carbocycles. The van der Waals surface area contributed by atoms with Crippen LogP contribution in [0, 0.1) is 11.8 Å². The molecule has 2 heterocycles. The third kappa shape index (κ3) is 2.13. The molecule has 0 amide bonds. The van der Waals surface area contributed by atoms with Crippen molar-refractivity contribution >= 4 is 18.3 Å². The molecule has 2 aliphatic heterocycles. The summed E-state index contributed by atoms with van der Waals surface area (Å²) < 4.78 is 16.4. The molecule has 76 valence electrons. The molecule has 0 aromatic heterocycles. The van der Waals surface area contributed by atoms with E-state index in [1.54, 1.807) is 0 Å². The van der Waals surface area contributed by atoms with Crippen molar-refractivity contribution in [1.82, 2.24) is 0 Å². The summed E-state index contributed by atoms with van der Waals surface area (Å²) in [6.07, 6.45) is 0.843. The maximum atomic E-state index is 5.63. The molecule has 0 aromatic rings. The summed E-state index contributed by atoms with van der Waals surface area (Å²) in [4.78, 5) is 0. The Hall–Kier alpha value is 0.530. The van der Waals surface area contributed by atoms with Crippen molar-refractivity contribution in [2.45, 2.75) is 6.92 Å². The van der Waals surface area contributed by atoms with Gasteiger partial charge in [0, 0.05) is 18.0 Å². The second-order valence-corrected chi connectivity index (χ2v) is 7.62. The van der Waals surface area contributed by atoms with E-state index in [1.807, 2.05) is 6.92 Å². The summed E-state index contributed by atoms with van der Waals surface area (Å²) in [5.74, 6) is 1.15. The van der Waals surface area contributed by atoms with E-state index in [1.165, 1.54) is 0 Å². The fourth-order valence-corrected chi connectivity index (χ4v) is 3.13. The van der Waals surface area contributed by atoms with Crippen LogP contribution in [0.5, 0.6) is 0 Å². The van der Waals surface area contributed by atoms with Gasteiger partial charge in [0.15, 0.2) is 6.49 Å². The molecular formula is C8H15O3PS. The van der Waals surface area contributed by atoms with Crippen LogP contribution in [0.2, 0.25) is 0 Å². The normalized spacial score (nSPS) is 41.5. The van der Waals surface area contributed by atoms with E-state index in [2.05, 4.69) is 0 Å². The summed E-state index contributed by atoms with van der Waals surface area (Å²) in [6, 6.07) is 0. The highest BCUT2D eigenvalue weighted by Gasteiger charge is 2.34. The Kier molecular flexibility index (Phi) is 3.06. The molecule has 0 N–H and O–H groups in total. The van der Waals surface area contributed by atoms with Crippen molar-refractivity contribution < 1.29 is 13.8 Å². The molecule has 0 radical (unpaired) electrons. The molecule has 2 saturated heterocycles. The van der Waals surface area contributed by atoms with Gasteiger partial charge in [-0.3, -0.25) is 0 Å². The van der Waals surface area contributed by atoms with E-state index in [0.29, 0.717) is 11.8 Å². The molecule has 5 heteroatoms. The third-order valence-electron chi connectivity index (χ3n) is 2.69. The summed E-state index contributed by atoms with van der Waals surface area (Å²) >= 11 is 5.28. The second-order valence-electron chi connectivity index (χ2n) is 3.58. The lowest BCUT2D eigenvalue weighted by molar-refractivity contribution is -0.0851.